The van der Waals surface area contributed by atoms with E-state index in [1.807, 2.05) is 11.4 Å². The second-order valence-corrected chi connectivity index (χ2v) is 3.07. The number of carbonyl (C=O) groups is 1. The average Bonchev–Trinajstić information content (AvgIpc) is 2.36. The summed E-state index contributed by atoms with van der Waals surface area (Å²) in [5.41, 5.74) is 1.15. The van der Waals surface area contributed by atoms with Crippen LogP contribution >= 0.6 is 11.3 Å². The van der Waals surface area contributed by atoms with E-state index in [0.717, 1.165) is 16.9 Å². The van der Waals surface area contributed by atoms with Crippen LogP contribution in [-0.4, -0.2) is 5.91 Å². The van der Waals surface area contributed by atoms with Gasteiger partial charge >= 0.3 is 0 Å². The molecule has 0 fully saturated rings. The van der Waals surface area contributed by atoms with Crippen molar-refractivity contribution < 1.29 is 4.79 Å². The molecule has 1 amide bonds. The van der Waals surface area contributed by atoms with Gasteiger partial charge in [-0.3, -0.25) is 4.79 Å². The van der Waals surface area contributed by atoms with Crippen LogP contribution in [0.25, 0.3) is 0 Å². The van der Waals surface area contributed by atoms with Crippen LogP contribution in [-0.2, 0) is 6.42 Å². The Morgan fingerprint density at radius 2 is 2.50 bits per heavy atom. The molecule has 2 rings (SSSR count). The van der Waals surface area contributed by atoms with E-state index in [1.54, 1.807) is 6.54 Å². The van der Waals surface area contributed by atoms with Crippen molar-refractivity contribution >= 4 is 17.2 Å². The normalized spacial score (nSPS) is 16.2. The summed E-state index contributed by atoms with van der Waals surface area (Å²) in [4.78, 5) is 11.9. The Hall–Kier alpha value is -0.830. The van der Waals surface area contributed by atoms with Gasteiger partial charge in [0, 0.05) is 0 Å². The minimum absolute atomic E-state index is 0.0382. The molecular formula is C7H6NOS. The standard InChI is InChI=1S/C7H6NOS/c9-7-6-5(1-3-8-7)2-4-10-6/h2-4H,1H2,(H,8,9). The first-order valence-electron chi connectivity index (χ1n) is 3.07. The number of fused-ring (bicyclic) bond motifs is 1. The van der Waals surface area contributed by atoms with Gasteiger partial charge in [0.25, 0.3) is 5.91 Å². The summed E-state index contributed by atoms with van der Waals surface area (Å²) < 4.78 is 0. The first kappa shape index (κ1) is 5.92. The summed E-state index contributed by atoms with van der Waals surface area (Å²) in [5, 5.41) is 4.62. The molecule has 0 bridgehead atoms. The molecule has 1 aromatic heterocycles. The lowest BCUT2D eigenvalue weighted by atomic mass is 10.1. The Bertz CT molecular complexity index is 266. The summed E-state index contributed by atoms with van der Waals surface area (Å²) in [6.45, 7) is 1.79. The van der Waals surface area contributed by atoms with Crippen LogP contribution in [0.2, 0.25) is 0 Å². The molecule has 0 saturated carbocycles. The maximum absolute atomic E-state index is 11.0. The predicted octanol–water partition coefficient (Wildman–Crippen LogP) is 1.20. The predicted molar refractivity (Wildman–Crippen MR) is 39.8 cm³/mol. The lowest BCUT2D eigenvalue weighted by molar-refractivity contribution is 0.0961. The second-order valence-electron chi connectivity index (χ2n) is 2.16. The van der Waals surface area contributed by atoms with Crippen LogP contribution in [0.15, 0.2) is 11.4 Å². The van der Waals surface area contributed by atoms with Gasteiger partial charge in [-0.1, -0.05) is 0 Å². The fraction of sp³-hybridized carbons (Fsp3) is 0.143. The first-order chi connectivity index (χ1) is 4.88. The van der Waals surface area contributed by atoms with Crippen molar-refractivity contribution in [1.82, 2.24) is 5.32 Å². The van der Waals surface area contributed by atoms with Crippen LogP contribution < -0.4 is 5.32 Å². The van der Waals surface area contributed by atoms with Gasteiger partial charge < -0.3 is 5.32 Å². The van der Waals surface area contributed by atoms with Crippen molar-refractivity contribution in [2.75, 3.05) is 0 Å². The van der Waals surface area contributed by atoms with Crippen molar-refractivity contribution in [2.45, 2.75) is 6.42 Å². The van der Waals surface area contributed by atoms with E-state index in [9.17, 15) is 4.79 Å². The molecule has 0 unspecified atom stereocenters. The van der Waals surface area contributed by atoms with Crippen molar-refractivity contribution in [2.24, 2.45) is 0 Å². The van der Waals surface area contributed by atoms with Crippen molar-refractivity contribution in [3.63, 3.8) is 0 Å². The van der Waals surface area contributed by atoms with Gasteiger partial charge in [-0.25, -0.2) is 0 Å². The number of thiophene rings is 1. The van der Waals surface area contributed by atoms with E-state index < -0.39 is 0 Å². The van der Waals surface area contributed by atoms with Crippen LogP contribution in [0.5, 0.6) is 0 Å². The molecule has 3 heteroatoms. The summed E-state index contributed by atoms with van der Waals surface area (Å²) in [5.74, 6) is 0.0382. The third-order valence-corrected chi connectivity index (χ3v) is 2.46. The Kier molecular flexibility index (Phi) is 1.24. The van der Waals surface area contributed by atoms with Gasteiger partial charge in [0.05, 0.1) is 11.4 Å². The summed E-state index contributed by atoms with van der Waals surface area (Å²) in [6.07, 6.45) is 0.866. The smallest absolute Gasteiger partial charge is 0.261 e. The molecule has 1 aliphatic rings. The molecule has 51 valence electrons. The highest BCUT2D eigenvalue weighted by Gasteiger charge is 2.16. The molecule has 1 aliphatic heterocycles. The maximum Gasteiger partial charge on any atom is 0.261 e. The molecule has 2 heterocycles. The molecule has 0 aromatic carbocycles. The number of hydrogen-bond donors (Lipinski definition) is 1. The zero-order chi connectivity index (χ0) is 6.97. The molecule has 0 saturated heterocycles. The minimum atomic E-state index is 0.0382. The maximum atomic E-state index is 11.0. The van der Waals surface area contributed by atoms with Crippen molar-refractivity contribution in [1.29, 1.82) is 0 Å². The van der Waals surface area contributed by atoms with E-state index in [0.29, 0.717) is 0 Å². The largest absolute Gasteiger partial charge is 0.346 e. The third-order valence-electron chi connectivity index (χ3n) is 1.51. The highest BCUT2D eigenvalue weighted by Crippen LogP contribution is 2.20. The molecule has 0 aliphatic carbocycles. The zero-order valence-corrected chi connectivity index (χ0v) is 6.07. The zero-order valence-electron chi connectivity index (χ0n) is 5.26. The van der Waals surface area contributed by atoms with E-state index in [1.165, 1.54) is 11.3 Å². The first-order valence-corrected chi connectivity index (χ1v) is 3.95. The summed E-state index contributed by atoms with van der Waals surface area (Å²) in [6, 6.07) is 2.00. The Labute approximate surface area is 62.9 Å². The highest BCUT2D eigenvalue weighted by molar-refractivity contribution is 7.12. The van der Waals surface area contributed by atoms with E-state index >= 15 is 0 Å². The molecule has 1 aromatic rings. The van der Waals surface area contributed by atoms with Gasteiger partial charge in [0.2, 0.25) is 0 Å². The average molecular weight is 152 g/mol. The molecule has 10 heavy (non-hydrogen) atoms. The molecule has 0 atom stereocenters. The number of rotatable bonds is 0. The van der Waals surface area contributed by atoms with E-state index in [2.05, 4.69) is 5.32 Å². The summed E-state index contributed by atoms with van der Waals surface area (Å²) >= 11 is 1.50. The van der Waals surface area contributed by atoms with Gasteiger partial charge in [0.1, 0.15) is 0 Å². The third kappa shape index (κ3) is 0.743. The van der Waals surface area contributed by atoms with Crippen LogP contribution in [0.3, 0.4) is 0 Å². The molecule has 1 N–H and O–H groups in total. The van der Waals surface area contributed by atoms with Crippen molar-refractivity contribution in [3.8, 4) is 0 Å². The van der Waals surface area contributed by atoms with Crippen LogP contribution in [0, 0.1) is 6.54 Å². The molecule has 1 radical (unpaired) electrons. The van der Waals surface area contributed by atoms with Gasteiger partial charge in [-0.15, -0.1) is 11.3 Å². The SMILES string of the molecule is O=C1N[CH]Cc2ccsc21. The number of amides is 1. The van der Waals surface area contributed by atoms with E-state index in [-0.39, 0.29) is 5.91 Å². The topological polar surface area (TPSA) is 29.1 Å². The van der Waals surface area contributed by atoms with E-state index in [4.69, 9.17) is 0 Å². The molecule has 2 nitrogen and oxygen atoms in total. The quantitative estimate of drug-likeness (QED) is 0.594. The number of hydrogen-bond acceptors (Lipinski definition) is 2. The lowest BCUT2D eigenvalue weighted by Gasteiger charge is -2.10. The minimum Gasteiger partial charge on any atom is -0.346 e. The van der Waals surface area contributed by atoms with Crippen LogP contribution in [0.1, 0.15) is 15.2 Å². The lowest BCUT2D eigenvalue weighted by Crippen LogP contribution is -2.25. The number of carbonyl (C=O) groups excluding carboxylic acids is 1. The number of nitrogens with one attached hydrogen (secondary N) is 1. The Balaban J connectivity index is 2.50. The summed E-state index contributed by atoms with van der Waals surface area (Å²) in [7, 11) is 0. The van der Waals surface area contributed by atoms with Gasteiger partial charge in [0.15, 0.2) is 0 Å². The van der Waals surface area contributed by atoms with Gasteiger partial charge in [-0.05, 0) is 23.4 Å². The fourth-order valence-electron chi connectivity index (χ4n) is 1.01. The van der Waals surface area contributed by atoms with Crippen molar-refractivity contribution in [3.05, 3.63) is 28.4 Å². The molecular weight excluding hydrogens is 146 g/mol. The second kappa shape index (κ2) is 2.09. The molecule has 0 spiro atoms. The van der Waals surface area contributed by atoms with Gasteiger partial charge in [-0.2, -0.15) is 0 Å². The Morgan fingerprint density at radius 1 is 1.60 bits per heavy atom. The monoisotopic (exact) mass is 152 g/mol. The highest BCUT2D eigenvalue weighted by atomic mass is 32.1. The Morgan fingerprint density at radius 3 is 3.30 bits per heavy atom. The fourth-order valence-corrected chi connectivity index (χ4v) is 1.85. The van der Waals surface area contributed by atoms with Crippen LogP contribution in [0.4, 0.5) is 0 Å².